The number of hydrogen-bond donors (Lipinski definition) is 1. The van der Waals surface area contributed by atoms with E-state index in [9.17, 15) is 13.2 Å². The van der Waals surface area contributed by atoms with Gasteiger partial charge in [-0.3, -0.25) is 4.79 Å². The first-order chi connectivity index (χ1) is 11.4. The second kappa shape index (κ2) is 7.83. The smallest absolute Gasteiger partial charge is 0.256 e. The van der Waals surface area contributed by atoms with Gasteiger partial charge in [-0.15, -0.1) is 11.8 Å². The van der Waals surface area contributed by atoms with Gasteiger partial charge < -0.3 is 5.32 Å². The molecule has 0 bridgehead atoms. The van der Waals surface area contributed by atoms with Gasteiger partial charge in [-0.2, -0.15) is 0 Å². The molecule has 128 valence electrons. The van der Waals surface area contributed by atoms with E-state index in [4.69, 9.17) is 0 Å². The topological polar surface area (TPSA) is 66.5 Å². The highest BCUT2D eigenvalue weighted by atomic mass is 32.2. The second-order valence-electron chi connectivity index (χ2n) is 5.20. The van der Waals surface area contributed by atoms with Gasteiger partial charge in [-0.05, 0) is 36.1 Å². The molecular weight excluding hydrogens is 344 g/mol. The molecule has 7 heteroatoms. The first-order valence-corrected chi connectivity index (χ1v) is 9.84. The van der Waals surface area contributed by atoms with Crippen LogP contribution >= 0.6 is 11.8 Å². The fraction of sp³-hybridized carbons (Fsp3) is 0.235. The Balaban J connectivity index is 2.28. The summed E-state index contributed by atoms with van der Waals surface area (Å²) in [4.78, 5) is 13.6. The molecule has 2 rings (SSSR count). The number of nitrogens with zero attached hydrogens (tertiary/aromatic N) is 1. The summed E-state index contributed by atoms with van der Waals surface area (Å²) >= 11 is 1.59. The molecule has 24 heavy (non-hydrogen) atoms. The average molecular weight is 364 g/mol. The van der Waals surface area contributed by atoms with E-state index in [1.54, 1.807) is 30.0 Å². The van der Waals surface area contributed by atoms with Crippen molar-refractivity contribution >= 4 is 33.4 Å². The molecule has 0 unspecified atom stereocenters. The lowest BCUT2D eigenvalue weighted by Gasteiger charge is -2.13. The molecule has 0 aliphatic rings. The van der Waals surface area contributed by atoms with Gasteiger partial charge in [0, 0.05) is 24.7 Å². The van der Waals surface area contributed by atoms with Gasteiger partial charge in [0.2, 0.25) is 10.0 Å². The molecule has 0 fully saturated rings. The molecular formula is C17H20N2O3S2. The standard InChI is InChI=1S/C17H20N2O3S2/c1-4-23-16-11-6-5-10-15(16)17(20)18-13-8-7-9-14(12-13)24(21,22)19(2)3/h5-12H,4H2,1-3H3,(H,18,20). The number of nitrogens with one attached hydrogen (secondary N) is 1. The minimum Gasteiger partial charge on any atom is -0.322 e. The van der Waals surface area contributed by atoms with Crippen molar-refractivity contribution in [2.45, 2.75) is 16.7 Å². The number of sulfonamides is 1. The number of benzene rings is 2. The van der Waals surface area contributed by atoms with Crippen LogP contribution < -0.4 is 5.32 Å². The fourth-order valence-corrected chi connectivity index (χ4v) is 3.83. The molecule has 1 N–H and O–H groups in total. The Morgan fingerprint density at radius 2 is 1.83 bits per heavy atom. The molecule has 1 amide bonds. The van der Waals surface area contributed by atoms with Crippen LogP contribution in [-0.4, -0.2) is 38.5 Å². The van der Waals surface area contributed by atoms with Crippen molar-refractivity contribution in [2.24, 2.45) is 0 Å². The van der Waals surface area contributed by atoms with Crippen molar-refractivity contribution < 1.29 is 13.2 Å². The number of hydrogen-bond acceptors (Lipinski definition) is 4. The summed E-state index contributed by atoms with van der Waals surface area (Å²) in [7, 11) is -0.597. The third-order valence-electron chi connectivity index (χ3n) is 3.30. The number of anilines is 1. The maximum Gasteiger partial charge on any atom is 0.256 e. The molecule has 0 aromatic heterocycles. The maximum atomic E-state index is 12.5. The average Bonchev–Trinajstić information content (AvgIpc) is 2.55. The van der Waals surface area contributed by atoms with Gasteiger partial charge in [-0.25, -0.2) is 12.7 Å². The zero-order valence-corrected chi connectivity index (χ0v) is 15.4. The zero-order valence-electron chi connectivity index (χ0n) is 13.8. The SMILES string of the molecule is CCSc1ccccc1C(=O)Nc1cccc(S(=O)(=O)N(C)C)c1. The van der Waals surface area contributed by atoms with Crippen LogP contribution in [0, 0.1) is 0 Å². The van der Waals surface area contributed by atoms with Crippen LogP contribution in [0.2, 0.25) is 0 Å². The molecule has 0 radical (unpaired) electrons. The number of carbonyl (C=O) groups excluding carboxylic acids is 1. The lowest BCUT2D eigenvalue weighted by Crippen LogP contribution is -2.22. The van der Waals surface area contributed by atoms with Gasteiger partial charge in [0.15, 0.2) is 0 Å². The minimum atomic E-state index is -3.54. The maximum absolute atomic E-state index is 12.5. The van der Waals surface area contributed by atoms with E-state index in [0.29, 0.717) is 11.3 Å². The quantitative estimate of drug-likeness (QED) is 0.799. The van der Waals surface area contributed by atoms with Gasteiger partial charge in [0.05, 0.1) is 10.5 Å². The lowest BCUT2D eigenvalue weighted by molar-refractivity contribution is 0.102. The molecule has 0 spiro atoms. The highest BCUT2D eigenvalue weighted by Gasteiger charge is 2.18. The third-order valence-corrected chi connectivity index (χ3v) is 6.07. The highest BCUT2D eigenvalue weighted by molar-refractivity contribution is 7.99. The Morgan fingerprint density at radius 1 is 1.12 bits per heavy atom. The largest absolute Gasteiger partial charge is 0.322 e. The van der Waals surface area contributed by atoms with Crippen molar-refractivity contribution in [1.29, 1.82) is 0 Å². The Labute approximate surface area is 147 Å². The van der Waals surface area contributed by atoms with E-state index in [0.717, 1.165) is 15.0 Å². The van der Waals surface area contributed by atoms with Gasteiger partial charge >= 0.3 is 0 Å². The number of thioether (sulfide) groups is 1. The van der Waals surface area contributed by atoms with Crippen LogP contribution in [0.5, 0.6) is 0 Å². The van der Waals surface area contributed by atoms with Gasteiger partial charge in [0.1, 0.15) is 0 Å². The van der Waals surface area contributed by atoms with Crippen LogP contribution in [0.3, 0.4) is 0 Å². The molecule has 0 saturated carbocycles. The predicted molar refractivity (Wildman–Crippen MR) is 98.1 cm³/mol. The Hall–Kier alpha value is -1.83. The Bertz CT molecular complexity index is 833. The Morgan fingerprint density at radius 3 is 2.50 bits per heavy atom. The van der Waals surface area contributed by atoms with E-state index in [1.165, 1.54) is 26.2 Å². The van der Waals surface area contributed by atoms with Gasteiger partial charge in [0.25, 0.3) is 5.91 Å². The molecule has 2 aromatic carbocycles. The van der Waals surface area contributed by atoms with E-state index in [-0.39, 0.29) is 10.8 Å². The van der Waals surface area contributed by atoms with E-state index in [2.05, 4.69) is 5.32 Å². The van der Waals surface area contributed by atoms with Crippen LogP contribution in [0.25, 0.3) is 0 Å². The van der Waals surface area contributed by atoms with Crippen LogP contribution in [0.1, 0.15) is 17.3 Å². The van der Waals surface area contributed by atoms with Crippen molar-refractivity contribution in [1.82, 2.24) is 4.31 Å². The van der Waals surface area contributed by atoms with Gasteiger partial charge in [-0.1, -0.05) is 25.1 Å². The van der Waals surface area contributed by atoms with E-state index in [1.807, 2.05) is 25.1 Å². The molecule has 0 heterocycles. The van der Waals surface area contributed by atoms with Crippen LogP contribution in [-0.2, 0) is 10.0 Å². The second-order valence-corrected chi connectivity index (χ2v) is 8.66. The molecule has 0 saturated heterocycles. The summed E-state index contributed by atoms with van der Waals surface area (Å²) in [5.41, 5.74) is 1.02. The summed E-state index contributed by atoms with van der Waals surface area (Å²) in [5, 5.41) is 2.77. The number of amides is 1. The minimum absolute atomic E-state index is 0.140. The van der Waals surface area contributed by atoms with E-state index < -0.39 is 10.0 Å². The Kier molecular flexibility index (Phi) is 6.04. The highest BCUT2D eigenvalue weighted by Crippen LogP contribution is 2.24. The van der Waals surface area contributed by atoms with Crippen LogP contribution in [0.4, 0.5) is 5.69 Å². The van der Waals surface area contributed by atoms with Crippen molar-refractivity contribution in [3.63, 3.8) is 0 Å². The molecule has 0 aliphatic carbocycles. The fourth-order valence-electron chi connectivity index (χ4n) is 2.08. The third kappa shape index (κ3) is 4.17. The predicted octanol–water partition coefficient (Wildman–Crippen LogP) is 3.30. The van der Waals surface area contributed by atoms with Crippen molar-refractivity contribution in [3.8, 4) is 0 Å². The first-order valence-electron chi connectivity index (χ1n) is 7.42. The zero-order chi connectivity index (χ0) is 17.7. The normalized spacial score (nSPS) is 11.5. The van der Waals surface area contributed by atoms with E-state index >= 15 is 0 Å². The van der Waals surface area contributed by atoms with Crippen molar-refractivity contribution in [3.05, 3.63) is 54.1 Å². The first kappa shape index (κ1) is 18.5. The number of carbonyl (C=O) groups is 1. The van der Waals surface area contributed by atoms with Crippen LogP contribution in [0.15, 0.2) is 58.3 Å². The summed E-state index contributed by atoms with van der Waals surface area (Å²) in [5.74, 6) is 0.604. The number of rotatable bonds is 6. The molecule has 2 aromatic rings. The van der Waals surface area contributed by atoms with Crippen molar-refractivity contribution in [2.75, 3.05) is 25.2 Å². The summed E-state index contributed by atoms with van der Waals surface area (Å²) in [6.07, 6.45) is 0. The lowest BCUT2D eigenvalue weighted by atomic mass is 10.2. The monoisotopic (exact) mass is 364 g/mol. The molecule has 0 atom stereocenters. The summed E-state index contributed by atoms with van der Waals surface area (Å²) in [6.45, 7) is 2.02. The molecule has 5 nitrogen and oxygen atoms in total. The summed E-state index contributed by atoms with van der Waals surface area (Å²) < 4.78 is 25.5. The summed E-state index contributed by atoms with van der Waals surface area (Å²) in [6, 6.07) is 13.6. The molecule has 0 aliphatic heterocycles.